The molecular formula is C71H123NO13. The van der Waals surface area contributed by atoms with E-state index in [1.54, 1.807) is 6.08 Å². The van der Waals surface area contributed by atoms with Crippen molar-refractivity contribution >= 4 is 5.91 Å². The zero-order valence-corrected chi connectivity index (χ0v) is 53.1. The van der Waals surface area contributed by atoms with Crippen LogP contribution in [0.1, 0.15) is 251 Å². The molecule has 0 spiro atoms. The number of ether oxygens (including phenoxy) is 4. The molecule has 0 aromatic rings. The van der Waals surface area contributed by atoms with Gasteiger partial charge in [0.25, 0.3) is 0 Å². The van der Waals surface area contributed by atoms with Crippen LogP contribution in [0, 0.1) is 0 Å². The van der Waals surface area contributed by atoms with Crippen molar-refractivity contribution in [3.8, 4) is 0 Å². The van der Waals surface area contributed by atoms with Gasteiger partial charge in [0, 0.05) is 6.42 Å². The summed E-state index contributed by atoms with van der Waals surface area (Å²) in [5, 5.41) is 87.3. The largest absolute Gasteiger partial charge is 0.394 e. The fraction of sp³-hybridized carbons (Fsp3) is 0.761. The van der Waals surface area contributed by atoms with Crippen molar-refractivity contribution in [2.24, 2.45) is 0 Å². The smallest absolute Gasteiger partial charge is 0.220 e. The van der Waals surface area contributed by atoms with E-state index in [-0.39, 0.29) is 18.9 Å². The van der Waals surface area contributed by atoms with Crippen LogP contribution >= 0.6 is 0 Å². The average molecular weight is 1200 g/mol. The van der Waals surface area contributed by atoms with Crippen molar-refractivity contribution in [3.05, 3.63) is 97.2 Å². The van der Waals surface area contributed by atoms with Crippen molar-refractivity contribution in [2.75, 3.05) is 19.8 Å². The molecule has 490 valence electrons. The maximum absolute atomic E-state index is 13.3. The fourth-order valence-electron chi connectivity index (χ4n) is 10.6. The van der Waals surface area contributed by atoms with Crippen LogP contribution in [0.3, 0.4) is 0 Å². The van der Waals surface area contributed by atoms with Crippen LogP contribution in [-0.2, 0) is 23.7 Å². The topological polar surface area (TPSA) is 228 Å². The third-order valence-electron chi connectivity index (χ3n) is 16.0. The number of nitrogens with one attached hydrogen (secondary N) is 1. The molecule has 2 aliphatic heterocycles. The normalized spacial score (nSPS) is 24.2. The number of unbranched alkanes of at least 4 members (excludes halogenated alkanes) is 27. The Morgan fingerprint density at radius 3 is 1.29 bits per heavy atom. The first kappa shape index (κ1) is 78.0. The van der Waals surface area contributed by atoms with Crippen LogP contribution in [0.5, 0.6) is 0 Å². The highest BCUT2D eigenvalue weighted by Crippen LogP contribution is 2.30. The SMILES string of the molecule is CC/C=C\C/C=C\C/C=C\C/C=C\C/C=C\CCCCCCCCCCCCCCCCCCCC(=O)NC(COC1OC(CO)C(OC2OC(CO)C(O)C(O)C2O)C(O)C1O)C(O)/C=C/CC/C=C/CC/C=C/CCCCCCCCCC. The van der Waals surface area contributed by atoms with Crippen molar-refractivity contribution < 1.29 is 64.6 Å². The van der Waals surface area contributed by atoms with E-state index in [0.29, 0.717) is 12.8 Å². The number of carbonyl (C=O) groups is 1. The Balaban J connectivity index is 1.67. The lowest BCUT2D eigenvalue weighted by Gasteiger charge is -2.46. The van der Waals surface area contributed by atoms with E-state index >= 15 is 0 Å². The van der Waals surface area contributed by atoms with Gasteiger partial charge in [-0.1, -0.05) is 252 Å². The summed E-state index contributed by atoms with van der Waals surface area (Å²) < 4.78 is 22.8. The minimum atomic E-state index is -1.80. The van der Waals surface area contributed by atoms with Gasteiger partial charge in [-0.25, -0.2) is 0 Å². The maximum atomic E-state index is 13.3. The summed E-state index contributed by atoms with van der Waals surface area (Å²) in [6.07, 6.45) is 60.3. The number of carbonyl (C=O) groups excluding carboxylic acids is 1. The highest BCUT2D eigenvalue weighted by atomic mass is 16.7. The fourth-order valence-corrected chi connectivity index (χ4v) is 10.6. The highest BCUT2D eigenvalue weighted by molar-refractivity contribution is 5.76. The summed E-state index contributed by atoms with van der Waals surface area (Å²) in [6.45, 7) is 2.66. The van der Waals surface area contributed by atoms with Gasteiger partial charge in [0.2, 0.25) is 5.91 Å². The molecule has 0 saturated carbocycles. The molecule has 14 heteroatoms. The van der Waals surface area contributed by atoms with Crippen LogP contribution in [0.4, 0.5) is 0 Å². The van der Waals surface area contributed by atoms with Crippen LogP contribution in [0.2, 0.25) is 0 Å². The van der Waals surface area contributed by atoms with Crippen molar-refractivity contribution in [3.63, 3.8) is 0 Å². The Labute approximate surface area is 515 Å². The monoisotopic (exact) mass is 1200 g/mol. The van der Waals surface area contributed by atoms with Gasteiger partial charge in [-0.05, 0) is 89.9 Å². The molecule has 12 atom stereocenters. The van der Waals surface area contributed by atoms with E-state index in [1.165, 1.54) is 141 Å². The molecule has 0 bridgehead atoms. The second kappa shape index (κ2) is 55.0. The van der Waals surface area contributed by atoms with E-state index in [4.69, 9.17) is 18.9 Å². The van der Waals surface area contributed by atoms with Crippen LogP contribution < -0.4 is 5.32 Å². The number of amides is 1. The third kappa shape index (κ3) is 39.5. The molecule has 0 aromatic carbocycles. The molecule has 14 nitrogen and oxygen atoms in total. The Morgan fingerprint density at radius 2 is 0.824 bits per heavy atom. The van der Waals surface area contributed by atoms with Crippen LogP contribution in [0.15, 0.2) is 97.2 Å². The number of hydrogen-bond donors (Lipinski definition) is 9. The molecule has 2 saturated heterocycles. The number of aliphatic hydroxyl groups is 8. The molecule has 9 N–H and O–H groups in total. The third-order valence-corrected chi connectivity index (χ3v) is 16.0. The summed E-state index contributed by atoms with van der Waals surface area (Å²) in [5.74, 6) is -0.254. The van der Waals surface area contributed by atoms with E-state index in [0.717, 1.165) is 77.0 Å². The molecule has 85 heavy (non-hydrogen) atoms. The standard InChI is InChI=1S/C71H123NO13/c1-3-5-7-9-11-13-15-17-19-21-23-24-25-26-27-28-29-30-31-32-33-34-35-36-37-39-41-43-45-47-49-51-53-55-63(76)72-59(60(75)54-52-50-48-46-44-42-40-38-22-20-18-16-14-12-10-8-6-4-2)58-82-70-68(81)66(79)69(62(57-74)84-70)85-71-67(80)65(78)64(77)61(56-73)83-71/h5,7,11,13,17,19,22-24,26-27,38,44,46,52,54,59-62,64-71,73-75,77-81H,3-4,6,8-10,12,14-16,18,20-21,25,28-37,39-43,45,47-51,53,55-58H2,1-2H3,(H,72,76)/b7-5-,13-11-,19-17-,24-23-,27-26-,38-22+,46-44+,54-52+. The first-order chi connectivity index (χ1) is 41.6. The number of rotatable bonds is 54. The van der Waals surface area contributed by atoms with Crippen LogP contribution in [-0.4, -0.2) is 140 Å². The highest BCUT2D eigenvalue weighted by Gasteiger charge is 2.51. The van der Waals surface area contributed by atoms with Gasteiger partial charge in [-0.2, -0.15) is 0 Å². The molecule has 2 aliphatic rings. The van der Waals surface area contributed by atoms with Gasteiger partial charge in [0.05, 0.1) is 32.0 Å². The predicted octanol–water partition coefficient (Wildman–Crippen LogP) is 13.4. The Bertz CT molecular complexity index is 1800. The predicted molar refractivity (Wildman–Crippen MR) is 346 cm³/mol. The van der Waals surface area contributed by atoms with E-state index in [9.17, 15) is 45.6 Å². The second-order valence-corrected chi connectivity index (χ2v) is 23.5. The summed E-state index contributed by atoms with van der Waals surface area (Å²) in [6, 6.07) is -0.943. The summed E-state index contributed by atoms with van der Waals surface area (Å²) in [4.78, 5) is 13.3. The molecule has 2 fully saturated rings. The van der Waals surface area contributed by atoms with Crippen molar-refractivity contribution in [2.45, 2.75) is 325 Å². The lowest BCUT2D eigenvalue weighted by Crippen LogP contribution is -2.65. The number of hydrogen-bond acceptors (Lipinski definition) is 13. The van der Waals surface area contributed by atoms with Crippen molar-refractivity contribution in [1.82, 2.24) is 5.32 Å². The lowest BCUT2D eigenvalue weighted by atomic mass is 9.97. The van der Waals surface area contributed by atoms with Gasteiger partial charge < -0.3 is 65.1 Å². The van der Waals surface area contributed by atoms with Gasteiger partial charge >= 0.3 is 0 Å². The zero-order valence-electron chi connectivity index (χ0n) is 53.1. The van der Waals surface area contributed by atoms with Gasteiger partial charge in [-0.3, -0.25) is 4.79 Å². The zero-order chi connectivity index (χ0) is 61.6. The summed E-state index contributed by atoms with van der Waals surface area (Å²) in [5.41, 5.74) is 0. The molecule has 2 heterocycles. The van der Waals surface area contributed by atoms with Gasteiger partial charge in [-0.15, -0.1) is 0 Å². The first-order valence-electron chi connectivity index (χ1n) is 34.0. The number of allylic oxidation sites excluding steroid dienone is 15. The summed E-state index contributed by atoms with van der Waals surface area (Å²) >= 11 is 0. The Kier molecular flexibility index (Phi) is 50.5. The first-order valence-corrected chi connectivity index (χ1v) is 34.0. The lowest BCUT2D eigenvalue weighted by molar-refractivity contribution is -0.359. The van der Waals surface area contributed by atoms with Gasteiger partial charge in [0.1, 0.15) is 48.8 Å². The number of aliphatic hydroxyl groups excluding tert-OH is 8. The molecule has 0 aromatic heterocycles. The molecule has 0 radical (unpaired) electrons. The minimum absolute atomic E-state index is 0.254. The quantitative estimate of drug-likeness (QED) is 0.0204. The average Bonchev–Trinajstić information content (AvgIpc) is 3.29. The molecule has 1 amide bonds. The van der Waals surface area contributed by atoms with E-state index < -0.39 is 86.8 Å². The molecule has 0 aliphatic carbocycles. The second-order valence-electron chi connectivity index (χ2n) is 23.5. The van der Waals surface area contributed by atoms with E-state index in [2.05, 4.69) is 104 Å². The molecule has 2 rings (SSSR count). The van der Waals surface area contributed by atoms with Gasteiger partial charge in [0.15, 0.2) is 12.6 Å². The van der Waals surface area contributed by atoms with E-state index in [1.807, 2.05) is 6.08 Å². The minimum Gasteiger partial charge on any atom is -0.394 e. The summed E-state index contributed by atoms with van der Waals surface area (Å²) in [7, 11) is 0. The van der Waals surface area contributed by atoms with Crippen molar-refractivity contribution in [1.29, 1.82) is 0 Å². The Morgan fingerprint density at radius 1 is 0.435 bits per heavy atom. The Hall–Kier alpha value is -3.09. The molecular weight excluding hydrogens is 1070 g/mol. The molecule has 12 unspecified atom stereocenters. The maximum Gasteiger partial charge on any atom is 0.220 e. The van der Waals surface area contributed by atoms with Crippen LogP contribution in [0.25, 0.3) is 0 Å².